The van der Waals surface area contributed by atoms with Crippen molar-refractivity contribution in [2.45, 2.75) is 33.2 Å². The van der Waals surface area contributed by atoms with Gasteiger partial charge >= 0.3 is 5.97 Å². The summed E-state index contributed by atoms with van der Waals surface area (Å²) < 4.78 is 4.79. The Balaban J connectivity index is 2.95. The number of nitro benzene ring substituents is 1. The summed E-state index contributed by atoms with van der Waals surface area (Å²) in [6.45, 7) is 6.76. The van der Waals surface area contributed by atoms with Crippen LogP contribution in [0.15, 0.2) is 18.2 Å². The normalized spacial score (nSPS) is 10.7. The van der Waals surface area contributed by atoms with Crippen molar-refractivity contribution in [3.05, 3.63) is 39.4 Å². The number of carbonyl (C=O) groups is 3. The summed E-state index contributed by atoms with van der Waals surface area (Å²) in [5.74, 6) is -1.89. The Morgan fingerprint density at radius 3 is 2.28 bits per heavy atom. The van der Waals surface area contributed by atoms with Gasteiger partial charge in [0.15, 0.2) is 0 Å². The summed E-state index contributed by atoms with van der Waals surface area (Å²) in [7, 11) is 0. The average molecular weight is 351 g/mol. The fourth-order valence-electron chi connectivity index (χ4n) is 1.91. The van der Waals surface area contributed by atoms with Crippen molar-refractivity contribution < 1.29 is 24.0 Å². The van der Waals surface area contributed by atoms with E-state index in [0.29, 0.717) is 0 Å². The second kappa shape index (κ2) is 8.22. The van der Waals surface area contributed by atoms with Crippen LogP contribution in [0.5, 0.6) is 0 Å². The number of nitrogens with zero attached hydrogens (tertiary/aromatic N) is 1. The molecule has 0 fully saturated rings. The van der Waals surface area contributed by atoms with Crippen molar-refractivity contribution in [3.63, 3.8) is 0 Å². The standard InChI is InChI=1S/C16H21N3O6/c1-5-25-15(22)11-6-10(7-12(8-11)19(23)24)14(21)17-9-13(20)18-16(2,3)4/h6-8H,5,9H2,1-4H3,(H,17,21)(H,18,20). The molecule has 0 saturated heterocycles. The highest BCUT2D eigenvalue weighted by Gasteiger charge is 2.20. The number of nitrogens with one attached hydrogen (secondary N) is 2. The van der Waals surface area contributed by atoms with Crippen LogP contribution in [0.1, 0.15) is 48.4 Å². The Morgan fingerprint density at radius 1 is 1.16 bits per heavy atom. The molecule has 0 saturated carbocycles. The number of esters is 1. The zero-order valence-electron chi connectivity index (χ0n) is 14.5. The number of carbonyl (C=O) groups excluding carboxylic acids is 3. The number of non-ortho nitro benzene ring substituents is 1. The van der Waals surface area contributed by atoms with Crippen LogP contribution >= 0.6 is 0 Å². The van der Waals surface area contributed by atoms with E-state index in [2.05, 4.69) is 10.6 Å². The van der Waals surface area contributed by atoms with Crippen LogP contribution in [0.3, 0.4) is 0 Å². The first kappa shape index (κ1) is 20.1. The molecule has 0 aliphatic rings. The maximum absolute atomic E-state index is 12.2. The zero-order chi connectivity index (χ0) is 19.2. The number of nitro groups is 1. The van der Waals surface area contributed by atoms with Crippen LogP contribution in [0, 0.1) is 10.1 Å². The van der Waals surface area contributed by atoms with Crippen molar-refractivity contribution in [1.29, 1.82) is 0 Å². The predicted molar refractivity (Wildman–Crippen MR) is 89.3 cm³/mol. The molecular weight excluding hydrogens is 330 g/mol. The van der Waals surface area contributed by atoms with E-state index >= 15 is 0 Å². The third kappa shape index (κ3) is 6.58. The number of rotatable bonds is 6. The largest absolute Gasteiger partial charge is 0.462 e. The second-order valence-electron chi connectivity index (χ2n) is 6.23. The molecule has 0 radical (unpaired) electrons. The fourth-order valence-corrected chi connectivity index (χ4v) is 1.91. The van der Waals surface area contributed by atoms with Gasteiger partial charge in [0, 0.05) is 23.2 Å². The van der Waals surface area contributed by atoms with Crippen molar-refractivity contribution in [2.75, 3.05) is 13.2 Å². The monoisotopic (exact) mass is 351 g/mol. The molecule has 2 amide bonds. The van der Waals surface area contributed by atoms with E-state index in [1.807, 2.05) is 0 Å². The first-order valence-electron chi connectivity index (χ1n) is 7.59. The number of benzene rings is 1. The molecule has 9 heteroatoms. The molecule has 1 aromatic rings. The Kier molecular flexibility index (Phi) is 6.60. The topological polar surface area (TPSA) is 128 Å². The van der Waals surface area contributed by atoms with Gasteiger partial charge in [-0.1, -0.05) is 0 Å². The van der Waals surface area contributed by atoms with Crippen molar-refractivity contribution in [1.82, 2.24) is 10.6 Å². The molecule has 0 atom stereocenters. The van der Waals surface area contributed by atoms with Crippen LogP contribution < -0.4 is 10.6 Å². The van der Waals surface area contributed by atoms with Gasteiger partial charge in [0.2, 0.25) is 5.91 Å². The van der Waals surface area contributed by atoms with Crippen LogP contribution in [0.4, 0.5) is 5.69 Å². The molecule has 0 aliphatic carbocycles. The van der Waals surface area contributed by atoms with Crippen LogP contribution in [-0.4, -0.2) is 41.4 Å². The smallest absolute Gasteiger partial charge is 0.338 e. The summed E-state index contributed by atoms with van der Waals surface area (Å²) in [4.78, 5) is 45.9. The molecule has 0 spiro atoms. The molecule has 0 unspecified atom stereocenters. The SMILES string of the molecule is CCOC(=O)c1cc(C(=O)NCC(=O)NC(C)(C)C)cc([N+](=O)[O-])c1. The van der Waals surface area contributed by atoms with Crippen molar-refractivity contribution >= 4 is 23.5 Å². The van der Waals surface area contributed by atoms with Gasteiger partial charge in [-0.25, -0.2) is 4.79 Å². The summed E-state index contributed by atoms with van der Waals surface area (Å²) in [5, 5.41) is 16.0. The summed E-state index contributed by atoms with van der Waals surface area (Å²) in [6, 6.07) is 3.24. The maximum Gasteiger partial charge on any atom is 0.338 e. The van der Waals surface area contributed by atoms with Crippen LogP contribution in [-0.2, 0) is 9.53 Å². The predicted octanol–water partition coefficient (Wildman–Crippen LogP) is 1.42. The molecular formula is C16H21N3O6. The second-order valence-corrected chi connectivity index (χ2v) is 6.23. The molecule has 0 aliphatic heterocycles. The molecule has 0 aromatic heterocycles. The van der Waals surface area contributed by atoms with Gasteiger partial charge < -0.3 is 15.4 Å². The highest BCUT2D eigenvalue weighted by molar-refractivity contribution is 6.00. The molecule has 9 nitrogen and oxygen atoms in total. The Morgan fingerprint density at radius 2 is 1.76 bits per heavy atom. The molecule has 0 heterocycles. The van der Waals surface area contributed by atoms with E-state index in [4.69, 9.17) is 4.74 Å². The summed E-state index contributed by atoms with van der Waals surface area (Å²) in [5.41, 5.74) is -1.10. The lowest BCUT2D eigenvalue weighted by molar-refractivity contribution is -0.384. The van der Waals surface area contributed by atoms with Gasteiger partial charge in [0.1, 0.15) is 0 Å². The first-order chi connectivity index (χ1) is 11.5. The van der Waals surface area contributed by atoms with Gasteiger partial charge in [-0.3, -0.25) is 19.7 Å². The minimum Gasteiger partial charge on any atom is -0.462 e. The van der Waals surface area contributed by atoms with E-state index < -0.39 is 33.9 Å². The zero-order valence-corrected chi connectivity index (χ0v) is 14.5. The third-order valence-corrected chi connectivity index (χ3v) is 2.83. The highest BCUT2D eigenvalue weighted by Crippen LogP contribution is 2.18. The van der Waals surface area contributed by atoms with Gasteiger partial charge in [0.05, 0.1) is 23.6 Å². The van der Waals surface area contributed by atoms with Crippen molar-refractivity contribution in [3.8, 4) is 0 Å². The minimum absolute atomic E-state index is 0.0933. The van der Waals surface area contributed by atoms with Gasteiger partial charge in [0.25, 0.3) is 11.6 Å². The summed E-state index contributed by atoms with van der Waals surface area (Å²) >= 11 is 0. The minimum atomic E-state index is -0.772. The van der Waals surface area contributed by atoms with E-state index in [1.165, 1.54) is 6.07 Å². The summed E-state index contributed by atoms with van der Waals surface area (Å²) in [6.07, 6.45) is 0. The molecule has 136 valence electrons. The molecule has 1 aromatic carbocycles. The highest BCUT2D eigenvalue weighted by atomic mass is 16.6. The fraction of sp³-hybridized carbons (Fsp3) is 0.438. The van der Waals surface area contributed by atoms with Crippen molar-refractivity contribution in [2.24, 2.45) is 0 Å². The maximum atomic E-state index is 12.2. The first-order valence-corrected chi connectivity index (χ1v) is 7.59. The van der Waals surface area contributed by atoms with E-state index in [1.54, 1.807) is 27.7 Å². The van der Waals surface area contributed by atoms with Crippen LogP contribution in [0.25, 0.3) is 0 Å². The number of hydrogen-bond acceptors (Lipinski definition) is 6. The number of ether oxygens (including phenoxy) is 1. The van der Waals surface area contributed by atoms with Gasteiger partial charge in [-0.2, -0.15) is 0 Å². The molecule has 1 rings (SSSR count). The Bertz CT molecular complexity index is 694. The van der Waals surface area contributed by atoms with E-state index in [0.717, 1.165) is 12.1 Å². The lowest BCUT2D eigenvalue weighted by atomic mass is 10.1. The Hall–Kier alpha value is -2.97. The third-order valence-electron chi connectivity index (χ3n) is 2.83. The number of amides is 2. The van der Waals surface area contributed by atoms with Crippen LogP contribution in [0.2, 0.25) is 0 Å². The van der Waals surface area contributed by atoms with Gasteiger partial charge in [-0.15, -0.1) is 0 Å². The molecule has 2 N–H and O–H groups in total. The lowest BCUT2D eigenvalue weighted by Crippen LogP contribution is -2.45. The quantitative estimate of drug-likeness (QED) is 0.453. The Labute approximate surface area is 144 Å². The van der Waals surface area contributed by atoms with E-state index in [9.17, 15) is 24.5 Å². The molecule has 0 bridgehead atoms. The molecule has 25 heavy (non-hydrogen) atoms. The number of hydrogen-bond donors (Lipinski definition) is 2. The average Bonchev–Trinajstić information content (AvgIpc) is 2.50. The lowest BCUT2D eigenvalue weighted by Gasteiger charge is -2.20. The van der Waals surface area contributed by atoms with Gasteiger partial charge in [-0.05, 0) is 33.8 Å². The van der Waals surface area contributed by atoms with E-state index in [-0.39, 0.29) is 24.3 Å².